The van der Waals surface area contributed by atoms with Gasteiger partial charge in [-0.05, 0) is 30.2 Å². The van der Waals surface area contributed by atoms with Gasteiger partial charge in [0.2, 0.25) is 10.0 Å². The van der Waals surface area contributed by atoms with Crippen molar-refractivity contribution in [3.63, 3.8) is 0 Å². The molecule has 1 fully saturated rings. The van der Waals surface area contributed by atoms with Crippen LogP contribution in [-0.4, -0.2) is 38.2 Å². The van der Waals surface area contributed by atoms with Crippen molar-refractivity contribution in [2.75, 3.05) is 25.4 Å². The molecule has 1 aliphatic rings. The standard InChI is InChI=1S/C13H16BrNO3S/c1-2-11-10-12(4-5-13(11)14)18-8-7-15-6-3-9-19(15,16)17/h2,4-5,10H,1,3,6-9H2. The van der Waals surface area contributed by atoms with Crippen LogP contribution < -0.4 is 4.74 Å². The summed E-state index contributed by atoms with van der Waals surface area (Å²) < 4.78 is 31.2. The van der Waals surface area contributed by atoms with Crippen molar-refractivity contribution in [2.45, 2.75) is 6.42 Å². The lowest BCUT2D eigenvalue weighted by atomic mass is 10.2. The quantitative estimate of drug-likeness (QED) is 0.823. The highest BCUT2D eigenvalue weighted by Crippen LogP contribution is 2.23. The third-order valence-electron chi connectivity index (χ3n) is 3.00. The summed E-state index contributed by atoms with van der Waals surface area (Å²) in [6.45, 7) is 5.09. The lowest BCUT2D eigenvalue weighted by Gasteiger charge is -2.15. The highest BCUT2D eigenvalue weighted by Gasteiger charge is 2.27. The van der Waals surface area contributed by atoms with Gasteiger partial charge in [-0.3, -0.25) is 0 Å². The van der Waals surface area contributed by atoms with Gasteiger partial charge >= 0.3 is 0 Å². The van der Waals surface area contributed by atoms with Gasteiger partial charge in [-0.2, -0.15) is 4.31 Å². The summed E-state index contributed by atoms with van der Waals surface area (Å²) in [6, 6.07) is 5.60. The summed E-state index contributed by atoms with van der Waals surface area (Å²) in [5.74, 6) is 0.973. The van der Waals surface area contributed by atoms with Gasteiger partial charge in [0.15, 0.2) is 0 Å². The third-order valence-corrected chi connectivity index (χ3v) is 5.68. The number of ether oxygens (including phenoxy) is 1. The maximum absolute atomic E-state index is 11.6. The molecule has 2 rings (SSSR count). The zero-order chi connectivity index (χ0) is 13.9. The van der Waals surface area contributed by atoms with E-state index >= 15 is 0 Å². The summed E-state index contributed by atoms with van der Waals surface area (Å²) in [7, 11) is -3.03. The molecule has 6 heteroatoms. The second-order valence-corrected chi connectivity index (χ2v) is 7.25. The van der Waals surface area contributed by atoms with Crippen molar-refractivity contribution in [2.24, 2.45) is 0 Å². The minimum Gasteiger partial charge on any atom is -0.492 e. The Morgan fingerprint density at radius 3 is 2.89 bits per heavy atom. The second kappa shape index (κ2) is 6.07. The van der Waals surface area contributed by atoms with Gasteiger partial charge in [0, 0.05) is 17.6 Å². The van der Waals surface area contributed by atoms with E-state index in [0.29, 0.717) is 26.1 Å². The summed E-state index contributed by atoms with van der Waals surface area (Å²) in [5.41, 5.74) is 0.950. The SMILES string of the molecule is C=Cc1cc(OCCN2CCCS2(=O)=O)ccc1Br. The van der Waals surface area contributed by atoms with Gasteiger partial charge in [0.1, 0.15) is 12.4 Å². The summed E-state index contributed by atoms with van der Waals surface area (Å²) in [5, 5.41) is 0. The predicted octanol–water partition coefficient (Wildman–Crippen LogP) is 2.51. The Labute approximate surface area is 122 Å². The Morgan fingerprint density at radius 2 is 2.26 bits per heavy atom. The van der Waals surface area contributed by atoms with Crippen LogP contribution in [0.1, 0.15) is 12.0 Å². The normalized spacial score (nSPS) is 18.4. The number of hydrogen-bond acceptors (Lipinski definition) is 3. The molecule has 0 N–H and O–H groups in total. The first kappa shape index (κ1) is 14.6. The lowest BCUT2D eigenvalue weighted by Crippen LogP contribution is -2.30. The van der Waals surface area contributed by atoms with Crippen LogP contribution >= 0.6 is 15.9 Å². The van der Waals surface area contributed by atoms with Crippen molar-refractivity contribution in [1.82, 2.24) is 4.31 Å². The van der Waals surface area contributed by atoms with Gasteiger partial charge in [0.05, 0.1) is 5.75 Å². The van der Waals surface area contributed by atoms with Crippen LogP contribution in [0.5, 0.6) is 5.75 Å². The molecule has 0 amide bonds. The number of benzene rings is 1. The number of halogens is 1. The van der Waals surface area contributed by atoms with E-state index in [1.165, 1.54) is 4.31 Å². The molecule has 1 aliphatic heterocycles. The zero-order valence-corrected chi connectivity index (χ0v) is 12.9. The Morgan fingerprint density at radius 1 is 1.47 bits per heavy atom. The van der Waals surface area contributed by atoms with E-state index in [-0.39, 0.29) is 5.75 Å². The summed E-state index contributed by atoms with van der Waals surface area (Å²) in [6.07, 6.45) is 2.45. The molecular weight excluding hydrogens is 330 g/mol. The molecule has 0 spiro atoms. The van der Waals surface area contributed by atoms with Gasteiger partial charge in [-0.15, -0.1) is 0 Å². The molecule has 1 aromatic rings. The van der Waals surface area contributed by atoms with E-state index in [1.807, 2.05) is 18.2 Å². The van der Waals surface area contributed by atoms with Crippen LogP contribution in [0.15, 0.2) is 29.3 Å². The fourth-order valence-corrected chi connectivity index (χ4v) is 3.90. The first-order valence-electron chi connectivity index (χ1n) is 6.05. The first-order valence-corrected chi connectivity index (χ1v) is 8.46. The van der Waals surface area contributed by atoms with Gasteiger partial charge in [-0.1, -0.05) is 28.6 Å². The smallest absolute Gasteiger partial charge is 0.214 e. The molecule has 0 unspecified atom stereocenters. The Hall–Kier alpha value is -0.850. The molecule has 1 saturated heterocycles. The molecule has 1 aromatic carbocycles. The molecule has 0 bridgehead atoms. The van der Waals surface area contributed by atoms with Crippen LogP contribution in [0, 0.1) is 0 Å². The zero-order valence-electron chi connectivity index (χ0n) is 10.5. The van der Waals surface area contributed by atoms with Crippen molar-refractivity contribution < 1.29 is 13.2 Å². The number of hydrogen-bond donors (Lipinski definition) is 0. The van der Waals surface area contributed by atoms with Crippen molar-refractivity contribution in [3.8, 4) is 5.75 Å². The van der Waals surface area contributed by atoms with Gasteiger partial charge < -0.3 is 4.74 Å². The van der Waals surface area contributed by atoms with Crippen LogP contribution in [0.4, 0.5) is 0 Å². The fourth-order valence-electron chi connectivity index (χ4n) is 1.98. The van der Waals surface area contributed by atoms with Crippen LogP contribution in [0.2, 0.25) is 0 Å². The highest BCUT2D eigenvalue weighted by molar-refractivity contribution is 9.10. The summed E-state index contributed by atoms with van der Waals surface area (Å²) >= 11 is 3.41. The van der Waals surface area contributed by atoms with E-state index in [1.54, 1.807) is 6.08 Å². The van der Waals surface area contributed by atoms with Crippen molar-refractivity contribution >= 4 is 32.0 Å². The van der Waals surface area contributed by atoms with E-state index in [4.69, 9.17) is 4.74 Å². The van der Waals surface area contributed by atoms with E-state index in [0.717, 1.165) is 15.8 Å². The average Bonchev–Trinajstić information content (AvgIpc) is 2.71. The fraction of sp³-hybridized carbons (Fsp3) is 0.385. The topological polar surface area (TPSA) is 46.6 Å². The lowest BCUT2D eigenvalue weighted by molar-refractivity contribution is 0.279. The average molecular weight is 346 g/mol. The van der Waals surface area contributed by atoms with Gasteiger partial charge in [-0.25, -0.2) is 8.42 Å². The minimum absolute atomic E-state index is 0.256. The number of rotatable bonds is 5. The predicted molar refractivity (Wildman–Crippen MR) is 79.7 cm³/mol. The van der Waals surface area contributed by atoms with Crippen LogP contribution in [0.25, 0.3) is 6.08 Å². The molecule has 0 saturated carbocycles. The Bertz CT molecular complexity index is 571. The minimum atomic E-state index is -3.03. The molecule has 4 nitrogen and oxygen atoms in total. The molecule has 19 heavy (non-hydrogen) atoms. The first-order chi connectivity index (χ1) is 9.03. The van der Waals surface area contributed by atoms with E-state index in [9.17, 15) is 8.42 Å². The molecule has 0 radical (unpaired) electrons. The molecule has 0 aliphatic carbocycles. The number of nitrogens with zero attached hydrogens (tertiary/aromatic N) is 1. The van der Waals surface area contributed by atoms with Crippen molar-refractivity contribution in [3.05, 3.63) is 34.8 Å². The Balaban J connectivity index is 1.91. The van der Waals surface area contributed by atoms with E-state index < -0.39 is 10.0 Å². The third kappa shape index (κ3) is 3.58. The monoisotopic (exact) mass is 345 g/mol. The molecule has 0 atom stereocenters. The van der Waals surface area contributed by atoms with Crippen LogP contribution in [-0.2, 0) is 10.0 Å². The number of sulfonamides is 1. The van der Waals surface area contributed by atoms with Crippen molar-refractivity contribution in [1.29, 1.82) is 0 Å². The van der Waals surface area contributed by atoms with Gasteiger partial charge in [0.25, 0.3) is 0 Å². The molecular formula is C13H16BrNO3S. The highest BCUT2D eigenvalue weighted by atomic mass is 79.9. The maximum Gasteiger partial charge on any atom is 0.214 e. The second-order valence-electron chi connectivity index (χ2n) is 4.30. The van der Waals surface area contributed by atoms with Crippen LogP contribution in [0.3, 0.4) is 0 Å². The molecule has 104 valence electrons. The maximum atomic E-state index is 11.6. The van der Waals surface area contributed by atoms with E-state index in [2.05, 4.69) is 22.5 Å². The Kier molecular flexibility index (Phi) is 4.65. The summed E-state index contributed by atoms with van der Waals surface area (Å²) in [4.78, 5) is 0. The largest absolute Gasteiger partial charge is 0.492 e. The molecule has 1 heterocycles. The molecule has 0 aromatic heterocycles.